The van der Waals surface area contributed by atoms with Crippen molar-refractivity contribution in [2.45, 2.75) is 26.9 Å². The first-order valence-electron chi connectivity index (χ1n) is 4.52. The summed E-state index contributed by atoms with van der Waals surface area (Å²) in [6.45, 7) is 4.98. The Labute approximate surface area is 83.6 Å². The molecule has 0 aromatic heterocycles. The fourth-order valence-corrected chi connectivity index (χ4v) is 0.896. The van der Waals surface area contributed by atoms with Crippen molar-refractivity contribution in [1.29, 1.82) is 0 Å². The Morgan fingerprint density at radius 1 is 1.50 bits per heavy atom. The smallest absolute Gasteiger partial charge is 0.330 e. The van der Waals surface area contributed by atoms with Gasteiger partial charge in [-0.25, -0.2) is 4.79 Å². The molecule has 0 aromatic carbocycles. The number of ketones is 1. The number of Topliss-reactive ketones (excluding diaryl/α,β-unsaturated/α-hetero) is 1. The lowest BCUT2D eigenvalue weighted by atomic mass is 10.0. The third-order valence-corrected chi connectivity index (χ3v) is 1.74. The Morgan fingerprint density at radius 3 is 2.50 bits per heavy atom. The summed E-state index contributed by atoms with van der Waals surface area (Å²) in [4.78, 5) is 21.6. The van der Waals surface area contributed by atoms with Crippen LogP contribution in [0.4, 0.5) is 0 Å². The SMILES string of the molecule is CCOC(=O)/C=C/C(C)C(O)C(C)=O. The second kappa shape index (κ2) is 6.32. The van der Waals surface area contributed by atoms with E-state index < -0.39 is 12.1 Å². The molecule has 0 saturated heterocycles. The van der Waals surface area contributed by atoms with Gasteiger partial charge in [0.15, 0.2) is 5.78 Å². The van der Waals surface area contributed by atoms with Gasteiger partial charge in [-0.05, 0) is 13.8 Å². The van der Waals surface area contributed by atoms with Crippen LogP contribution in [0, 0.1) is 5.92 Å². The van der Waals surface area contributed by atoms with Gasteiger partial charge in [-0.3, -0.25) is 4.79 Å². The fraction of sp³-hybridized carbons (Fsp3) is 0.600. The molecule has 2 atom stereocenters. The quantitative estimate of drug-likeness (QED) is 0.524. The van der Waals surface area contributed by atoms with Crippen molar-refractivity contribution in [1.82, 2.24) is 0 Å². The minimum absolute atomic E-state index is 0.312. The average molecular weight is 200 g/mol. The van der Waals surface area contributed by atoms with Gasteiger partial charge in [0, 0.05) is 12.0 Å². The van der Waals surface area contributed by atoms with E-state index in [-0.39, 0.29) is 11.7 Å². The van der Waals surface area contributed by atoms with Gasteiger partial charge in [0.25, 0.3) is 0 Å². The van der Waals surface area contributed by atoms with Gasteiger partial charge >= 0.3 is 5.97 Å². The van der Waals surface area contributed by atoms with Crippen LogP contribution in [0.2, 0.25) is 0 Å². The van der Waals surface area contributed by atoms with Crippen LogP contribution in [0.5, 0.6) is 0 Å². The van der Waals surface area contributed by atoms with Gasteiger partial charge in [0.2, 0.25) is 0 Å². The standard InChI is InChI=1S/C10H16O4/c1-4-14-9(12)6-5-7(2)10(13)8(3)11/h5-7,10,13H,4H2,1-3H3/b6-5+. The van der Waals surface area contributed by atoms with Crippen LogP contribution >= 0.6 is 0 Å². The largest absolute Gasteiger partial charge is 0.463 e. The summed E-state index contributed by atoms with van der Waals surface area (Å²) >= 11 is 0. The van der Waals surface area contributed by atoms with E-state index in [4.69, 9.17) is 0 Å². The van der Waals surface area contributed by atoms with Crippen molar-refractivity contribution in [3.8, 4) is 0 Å². The predicted molar refractivity (Wildman–Crippen MR) is 51.6 cm³/mol. The molecule has 4 heteroatoms. The van der Waals surface area contributed by atoms with Gasteiger partial charge in [0.1, 0.15) is 6.10 Å². The van der Waals surface area contributed by atoms with Crippen molar-refractivity contribution >= 4 is 11.8 Å². The first-order chi connectivity index (χ1) is 6.49. The summed E-state index contributed by atoms with van der Waals surface area (Å²) in [5, 5.41) is 9.28. The minimum Gasteiger partial charge on any atom is -0.463 e. The zero-order chi connectivity index (χ0) is 11.1. The topological polar surface area (TPSA) is 63.6 Å². The summed E-state index contributed by atoms with van der Waals surface area (Å²) in [6, 6.07) is 0. The molecule has 0 amide bonds. The van der Waals surface area contributed by atoms with E-state index in [0.717, 1.165) is 0 Å². The van der Waals surface area contributed by atoms with Gasteiger partial charge in [-0.2, -0.15) is 0 Å². The third-order valence-electron chi connectivity index (χ3n) is 1.74. The van der Waals surface area contributed by atoms with Crippen molar-refractivity contribution in [2.75, 3.05) is 6.61 Å². The van der Waals surface area contributed by atoms with Gasteiger partial charge in [-0.1, -0.05) is 13.0 Å². The molecule has 4 nitrogen and oxygen atoms in total. The van der Waals surface area contributed by atoms with Crippen LogP contribution in [0.1, 0.15) is 20.8 Å². The molecular formula is C10H16O4. The number of aliphatic hydroxyl groups excluding tert-OH is 1. The minimum atomic E-state index is -1.05. The zero-order valence-electron chi connectivity index (χ0n) is 8.69. The molecule has 0 bridgehead atoms. The highest BCUT2D eigenvalue weighted by atomic mass is 16.5. The lowest BCUT2D eigenvalue weighted by Crippen LogP contribution is -2.24. The second-order valence-electron chi connectivity index (χ2n) is 3.03. The van der Waals surface area contributed by atoms with Crippen molar-refractivity contribution in [2.24, 2.45) is 5.92 Å². The van der Waals surface area contributed by atoms with Crippen LogP contribution in [-0.4, -0.2) is 29.6 Å². The summed E-state index contributed by atoms with van der Waals surface area (Å²) in [7, 11) is 0. The molecule has 0 radical (unpaired) electrons. The van der Waals surface area contributed by atoms with Gasteiger partial charge in [0.05, 0.1) is 6.61 Å². The molecule has 2 unspecified atom stereocenters. The molecule has 0 spiro atoms. The molecule has 14 heavy (non-hydrogen) atoms. The molecule has 0 aliphatic carbocycles. The normalized spacial score (nSPS) is 15.1. The first-order valence-corrected chi connectivity index (χ1v) is 4.52. The number of aliphatic hydroxyl groups is 1. The Balaban J connectivity index is 4.10. The highest BCUT2D eigenvalue weighted by Gasteiger charge is 2.15. The number of carbonyl (C=O) groups excluding carboxylic acids is 2. The number of carbonyl (C=O) groups is 2. The molecule has 0 fully saturated rings. The maximum absolute atomic E-state index is 10.9. The van der Waals surface area contributed by atoms with Gasteiger partial charge < -0.3 is 9.84 Å². The number of rotatable bonds is 5. The van der Waals surface area contributed by atoms with E-state index in [9.17, 15) is 14.7 Å². The van der Waals surface area contributed by atoms with Crippen LogP contribution in [0.15, 0.2) is 12.2 Å². The highest BCUT2D eigenvalue weighted by molar-refractivity contribution is 5.83. The van der Waals surface area contributed by atoms with E-state index in [1.165, 1.54) is 19.1 Å². The van der Waals surface area contributed by atoms with Crippen molar-refractivity contribution in [3.05, 3.63) is 12.2 Å². The monoisotopic (exact) mass is 200 g/mol. The molecule has 0 saturated carbocycles. The van der Waals surface area contributed by atoms with E-state index in [1.54, 1.807) is 13.8 Å². The van der Waals surface area contributed by atoms with Crippen LogP contribution in [0.25, 0.3) is 0 Å². The first kappa shape index (κ1) is 12.8. The molecule has 0 aliphatic heterocycles. The van der Waals surface area contributed by atoms with E-state index in [0.29, 0.717) is 6.61 Å². The summed E-state index contributed by atoms with van der Waals surface area (Å²) in [5.41, 5.74) is 0. The van der Waals surface area contributed by atoms with Crippen molar-refractivity contribution in [3.63, 3.8) is 0 Å². The van der Waals surface area contributed by atoms with Gasteiger partial charge in [-0.15, -0.1) is 0 Å². The summed E-state index contributed by atoms with van der Waals surface area (Å²) < 4.78 is 4.64. The Kier molecular flexibility index (Phi) is 5.79. The number of hydrogen-bond donors (Lipinski definition) is 1. The van der Waals surface area contributed by atoms with Crippen molar-refractivity contribution < 1.29 is 19.4 Å². The van der Waals surface area contributed by atoms with E-state index >= 15 is 0 Å². The third kappa shape index (κ3) is 4.77. The number of hydrogen-bond acceptors (Lipinski definition) is 4. The Hall–Kier alpha value is -1.16. The summed E-state index contributed by atoms with van der Waals surface area (Å²) in [5.74, 6) is -1.15. The summed E-state index contributed by atoms with van der Waals surface area (Å²) in [6.07, 6.45) is 1.63. The maximum Gasteiger partial charge on any atom is 0.330 e. The molecule has 0 aromatic rings. The van der Waals surface area contributed by atoms with Crippen LogP contribution in [-0.2, 0) is 14.3 Å². The maximum atomic E-state index is 10.9. The Bertz CT molecular complexity index is 232. The molecule has 0 aliphatic rings. The highest BCUT2D eigenvalue weighted by Crippen LogP contribution is 2.05. The number of esters is 1. The zero-order valence-corrected chi connectivity index (χ0v) is 8.69. The predicted octanol–water partition coefficient (Wildman–Crippen LogP) is 0.692. The number of ether oxygens (including phenoxy) is 1. The van der Waals surface area contributed by atoms with Crippen LogP contribution < -0.4 is 0 Å². The van der Waals surface area contributed by atoms with E-state index in [1.807, 2.05) is 0 Å². The lowest BCUT2D eigenvalue weighted by Gasteiger charge is -2.10. The van der Waals surface area contributed by atoms with Crippen LogP contribution in [0.3, 0.4) is 0 Å². The fourth-order valence-electron chi connectivity index (χ4n) is 0.896. The Morgan fingerprint density at radius 2 is 2.07 bits per heavy atom. The second-order valence-corrected chi connectivity index (χ2v) is 3.03. The molecule has 0 rings (SSSR count). The molecule has 1 N–H and O–H groups in total. The lowest BCUT2D eigenvalue weighted by molar-refractivity contribution is -0.137. The molecule has 0 heterocycles. The average Bonchev–Trinajstić information content (AvgIpc) is 2.13. The molecular weight excluding hydrogens is 184 g/mol. The molecule has 80 valence electrons. The van der Waals surface area contributed by atoms with E-state index in [2.05, 4.69) is 4.74 Å².